The number of aromatic nitrogens is 3. The highest BCUT2D eigenvalue weighted by Crippen LogP contribution is 2.13. The van der Waals surface area contributed by atoms with E-state index in [9.17, 15) is 5.11 Å². The van der Waals surface area contributed by atoms with Crippen LogP contribution in [0.2, 0.25) is 0 Å². The minimum atomic E-state index is -0.457. The van der Waals surface area contributed by atoms with Gasteiger partial charge in [-0.25, -0.2) is 0 Å². The Balaban J connectivity index is 1.73. The number of nitrogens with zero attached hydrogens (tertiary/aromatic N) is 3. The maximum atomic E-state index is 9.89. The van der Waals surface area contributed by atoms with Gasteiger partial charge in [-0.2, -0.15) is 0 Å². The Morgan fingerprint density at radius 3 is 2.95 bits per heavy atom. The van der Waals surface area contributed by atoms with E-state index in [2.05, 4.69) is 10.3 Å². The molecule has 102 valence electrons. The molecule has 19 heavy (non-hydrogen) atoms. The van der Waals surface area contributed by atoms with Gasteiger partial charge < -0.3 is 9.84 Å². The molecule has 1 unspecified atom stereocenters. The fourth-order valence-corrected chi connectivity index (χ4v) is 1.85. The van der Waals surface area contributed by atoms with Crippen molar-refractivity contribution in [3.8, 4) is 5.75 Å². The topological polar surface area (TPSA) is 60.2 Å². The average Bonchev–Trinajstić information content (AvgIpc) is 2.75. The first-order valence-electron chi connectivity index (χ1n) is 6.36. The number of ether oxygens (including phenoxy) is 1. The van der Waals surface area contributed by atoms with Crippen molar-refractivity contribution in [2.24, 2.45) is 7.05 Å². The van der Waals surface area contributed by atoms with Crippen LogP contribution in [0, 0.1) is 6.92 Å². The summed E-state index contributed by atoms with van der Waals surface area (Å²) in [6.07, 6.45) is 2.43. The van der Waals surface area contributed by atoms with E-state index >= 15 is 0 Å². The maximum absolute atomic E-state index is 9.89. The molecule has 0 bridgehead atoms. The lowest BCUT2D eigenvalue weighted by Crippen LogP contribution is -2.15. The minimum absolute atomic E-state index is 0.457. The molecule has 0 amide bonds. The molecule has 0 fully saturated rings. The van der Waals surface area contributed by atoms with Crippen molar-refractivity contribution >= 4 is 0 Å². The van der Waals surface area contributed by atoms with Crippen LogP contribution in [0.25, 0.3) is 0 Å². The van der Waals surface area contributed by atoms with E-state index in [-0.39, 0.29) is 0 Å². The summed E-state index contributed by atoms with van der Waals surface area (Å²) in [6.45, 7) is 2.51. The van der Waals surface area contributed by atoms with E-state index in [0.717, 1.165) is 17.0 Å². The van der Waals surface area contributed by atoms with Crippen molar-refractivity contribution in [2.75, 3.05) is 6.61 Å². The highest BCUT2D eigenvalue weighted by Gasteiger charge is 2.08. The van der Waals surface area contributed by atoms with Crippen molar-refractivity contribution in [1.29, 1.82) is 0 Å². The Morgan fingerprint density at radius 2 is 2.26 bits per heavy atom. The van der Waals surface area contributed by atoms with Crippen LogP contribution in [-0.2, 0) is 13.5 Å². The van der Waals surface area contributed by atoms with Crippen molar-refractivity contribution in [1.82, 2.24) is 15.0 Å². The van der Waals surface area contributed by atoms with Crippen molar-refractivity contribution < 1.29 is 9.84 Å². The van der Waals surface area contributed by atoms with Crippen LogP contribution in [0.5, 0.6) is 5.75 Å². The largest absolute Gasteiger partial charge is 0.493 e. The summed E-state index contributed by atoms with van der Waals surface area (Å²) in [5.41, 5.74) is 1.96. The molecular formula is C14H19N3O2. The van der Waals surface area contributed by atoms with Gasteiger partial charge in [-0.05, 0) is 24.6 Å². The number of aliphatic hydroxyl groups excluding tert-OH is 1. The molecule has 1 aromatic carbocycles. The molecule has 0 aliphatic heterocycles. The second-order valence-corrected chi connectivity index (χ2v) is 4.70. The molecule has 0 saturated heterocycles. The number of aryl methyl sites for hydroxylation is 2. The van der Waals surface area contributed by atoms with Gasteiger partial charge in [-0.15, -0.1) is 5.10 Å². The summed E-state index contributed by atoms with van der Waals surface area (Å²) < 4.78 is 7.23. The quantitative estimate of drug-likeness (QED) is 0.856. The van der Waals surface area contributed by atoms with E-state index in [0.29, 0.717) is 19.4 Å². The molecule has 0 aliphatic rings. The molecule has 5 heteroatoms. The van der Waals surface area contributed by atoms with Crippen molar-refractivity contribution in [3.05, 3.63) is 41.7 Å². The lowest BCUT2D eigenvalue weighted by molar-refractivity contribution is 0.138. The number of hydrogen-bond acceptors (Lipinski definition) is 4. The van der Waals surface area contributed by atoms with Gasteiger partial charge in [0.05, 0.1) is 18.4 Å². The Hall–Kier alpha value is -1.88. The molecule has 0 saturated carbocycles. The first kappa shape index (κ1) is 13.5. The molecule has 1 N–H and O–H groups in total. The Bertz CT molecular complexity index is 525. The number of benzene rings is 1. The lowest BCUT2D eigenvalue weighted by atomic mass is 10.1. The van der Waals surface area contributed by atoms with Gasteiger partial charge in [0.1, 0.15) is 5.75 Å². The average molecular weight is 261 g/mol. The number of hydrogen-bond donors (Lipinski definition) is 1. The van der Waals surface area contributed by atoms with Gasteiger partial charge in [0.15, 0.2) is 0 Å². The van der Waals surface area contributed by atoms with Gasteiger partial charge in [-0.3, -0.25) is 4.68 Å². The van der Waals surface area contributed by atoms with Crippen LogP contribution in [0.15, 0.2) is 30.5 Å². The van der Waals surface area contributed by atoms with Crippen LogP contribution in [0.1, 0.15) is 17.7 Å². The van der Waals surface area contributed by atoms with E-state index in [4.69, 9.17) is 4.74 Å². The first-order chi connectivity index (χ1) is 9.13. The number of rotatable bonds is 6. The van der Waals surface area contributed by atoms with Gasteiger partial charge in [0, 0.05) is 26.1 Å². The highest BCUT2D eigenvalue weighted by atomic mass is 16.5. The third-order valence-corrected chi connectivity index (χ3v) is 2.80. The molecule has 1 atom stereocenters. The monoisotopic (exact) mass is 261 g/mol. The Morgan fingerprint density at radius 1 is 1.42 bits per heavy atom. The second-order valence-electron chi connectivity index (χ2n) is 4.70. The van der Waals surface area contributed by atoms with Gasteiger partial charge in [0.2, 0.25) is 0 Å². The molecule has 0 aliphatic carbocycles. The zero-order chi connectivity index (χ0) is 13.7. The summed E-state index contributed by atoms with van der Waals surface area (Å²) in [5.74, 6) is 0.840. The molecule has 0 radical (unpaired) electrons. The zero-order valence-corrected chi connectivity index (χ0v) is 11.3. The molecule has 2 aromatic rings. The Kier molecular flexibility index (Phi) is 4.52. The van der Waals surface area contributed by atoms with E-state index in [1.165, 1.54) is 0 Å². The normalized spacial score (nSPS) is 12.4. The molecular weight excluding hydrogens is 242 g/mol. The molecule has 0 spiro atoms. The van der Waals surface area contributed by atoms with Gasteiger partial charge in [-0.1, -0.05) is 17.3 Å². The van der Waals surface area contributed by atoms with Gasteiger partial charge >= 0.3 is 0 Å². The summed E-state index contributed by atoms with van der Waals surface area (Å²) in [5, 5.41) is 17.7. The second kappa shape index (κ2) is 6.33. The molecule has 2 rings (SSSR count). The molecule has 5 nitrogen and oxygen atoms in total. The zero-order valence-electron chi connectivity index (χ0n) is 11.3. The predicted octanol–water partition coefficient (Wildman–Crippen LogP) is 1.50. The van der Waals surface area contributed by atoms with Crippen LogP contribution < -0.4 is 4.74 Å². The summed E-state index contributed by atoms with van der Waals surface area (Å²) in [6, 6.07) is 7.88. The van der Waals surface area contributed by atoms with Gasteiger partial charge in [0.25, 0.3) is 0 Å². The Labute approximate surface area is 112 Å². The van der Waals surface area contributed by atoms with Crippen LogP contribution in [0.4, 0.5) is 0 Å². The fourth-order valence-electron chi connectivity index (χ4n) is 1.85. The van der Waals surface area contributed by atoms with E-state index in [1.807, 2.05) is 44.4 Å². The smallest absolute Gasteiger partial charge is 0.119 e. The van der Waals surface area contributed by atoms with Crippen LogP contribution in [-0.4, -0.2) is 32.8 Å². The predicted molar refractivity (Wildman–Crippen MR) is 72.0 cm³/mol. The van der Waals surface area contributed by atoms with Crippen molar-refractivity contribution in [2.45, 2.75) is 25.9 Å². The lowest BCUT2D eigenvalue weighted by Gasteiger charge is -2.10. The summed E-state index contributed by atoms with van der Waals surface area (Å²) >= 11 is 0. The van der Waals surface area contributed by atoms with Crippen LogP contribution in [0.3, 0.4) is 0 Å². The molecule has 1 aromatic heterocycles. The highest BCUT2D eigenvalue weighted by molar-refractivity contribution is 5.27. The SMILES string of the molecule is Cc1cccc(OCCC(O)Cc2cn(C)nn2)c1. The van der Waals surface area contributed by atoms with Crippen LogP contribution >= 0.6 is 0 Å². The van der Waals surface area contributed by atoms with Crippen molar-refractivity contribution in [3.63, 3.8) is 0 Å². The minimum Gasteiger partial charge on any atom is -0.493 e. The third kappa shape index (κ3) is 4.37. The fraction of sp³-hybridized carbons (Fsp3) is 0.429. The van der Waals surface area contributed by atoms with E-state index in [1.54, 1.807) is 4.68 Å². The molecule has 1 heterocycles. The third-order valence-electron chi connectivity index (χ3n) is 2.80. The first-order valence-corrected chi connectivity index (χ1v) is 6.36. The maximum Gasteiger partial charge on any atom is 0.119 e. The standard InChI is InChI=1S/C14H19N3O2/c1-11-4-3-5-14(8-11)19-7-6-13(18)9-12-10-17(2)16-15-12/h3-5,8,10,13,18H,6-7,9H2,1-2H3. The summed E-state index contributed by atoms with van der Waals surface area (Å²) in [4.78, 5) is 0. The van der Waals surface area contributed by atoms with E-state index < -0.39 is 6.10 Å². The number of aliphatic hydroxyl groups is 1. The summed E-state index contributed by atoms with van der Waals surface area (Å²) in [7, 11) is 1.81.